The van der Waals surface area contributed by atoms with Gasteiger partial charge < -0.3 is 9.80 Å². The average molecular weight is 493 g/mol. The second kappa shape index (κ2) is 8.82. The van der Waals surface area contributed by atoms with Gasteiger partial charge in [-0.25, -0.2) is 8.78 Å². The predicted octanol–water partition coefficient (Wildman–Crippen LogP) is 5.95. The largest absolute Gasteiger partial charge is 0.342 e. The minimum absolute atomic E-state index is 0.0244. The Balaban J connectivity index is 1.40. The third kappa shape index (κ3) is 3.77. The normalized spacial score (nSPS) is 23.2. The lowest BCUT2D eigenvalue weighted by Gasteiger charge is -2.40. The van der Waals surface area contributed by atoms with E-state index in [9.17, 15) is 18.4 Å². The number of carbonyl (C=O) groups is 2. The van der Waals surface area contributed by atoms with E-state index in [2.05, 4.69) is 32.6 Å². The number of piperidine rings is 1. The number of anilines is 1. The van der Waals surface area contributed by atoms with Crippen LogP contribution in [0.25, 0.3) is 0 Å². The van der Waals surface area contributed by atoms with Crippen LogP contribution in [0.2, 0.25) is 0 Å². The fraction of sp³-hybridized carbons (Fsp3) is 0.467. The average Bonchev–Trinajstić information content (AvgIpc) is 3.30. The lowest BCUT2D eigenvalue weighted by atomic mass is 9.72. The quantitative estimate of drug-likeness (QED) is 0.497. The predicted molar refractivity (Wildman–Crippen MR) is 137 cm³/mol. The molecule has 0 radical (unpaired) electrons. The zero-order chi connectivity index (χ0) is 25.9. The molecule has 190 valence electrons. The number of nitrogens with zero attached hydrogens (tertiary/aromatic N) is 2. The maximum atomic E-state index is 14.6. The number of hydrogen-bond acceptors (Lipinski definition) is 2. The first-order valence-electron chi connectivity index (χ1n) is 12.9. The highest BCUT2D eigenvalue weighted by Crippen LogP contribution is 2.50. The van der Waals surface area contributed by atoms with Gasteiger partial charge in [0.1, 0.15) is 11.6 Å². The Labute approximate surface area is 212 Å². The Morgan fingerprint density at radius 2 is 1.72 bits per heavy atom. The highest BCUT2D eigenvalue weighted by atomic mass is 19.1. The monoisotopic (exact) mass is 492 g/mol. The van der Waals surface area contributed by atoms with E-state index in [0.29, 0.717) is 44.3 Å². The molecule has 2 amide bonds. The number of amides is 2. The molecule has 0 unspecified atom stereocenters. The van der Waals surface area contributed by atoms with Crippen molar-refractivity contribution < 1.29 is 18.4 Å². The Morgan fingerprint density at radius 3 is 2.36 bits per heavy atom. The lowest BCUT2D eigenvalue weighted by Crippen LogP contribution is -2.52. The number of rotatable bonds is 3. The van der Waals surface area contributed by atoms with Crippen LogP contribution in [0.3, 0.4) is 0 Å². The van der Waals surface area contributed by atoms with Crippen LogP contribution in [0, 0.1) is 31.4 Å². The fourth-order valence-electron chi connectivity index (χ4n) is 6.56. The molecule has 6 heteroatoms. The van der Waals surface area contributed by atoms with E-state index in [4.69, 9.17) is 0 Å². The number of hydrogen-bond donors (Lipinski definition) is 0. The standard InChI is InChI=1S/C30H34F2N2O2/c1-17(2)34-27-15-20(5)19(4)14-25(27)30(29(34)36)8-10-33(11-9-30)28(35)24-13-18(3)12-23(24)22-7-6-21(31)16-26(22)32/h6-7,14-17,23-24H,3,8-13H2,1-2,4-5H3/t23-,24+/m0/s1. The Bertz CT molecular complexity index is 1260. The molecule has 1 saturated heterocycles. The molecule has 5 rings (SSSR count). The molecule has 1 aliphatic carbocycles. The van der Waals surface area contributed by atoms with Gasteiger partial charge in [-0.1, -0.05) is 24.3 Å². The van der Waals surface area contributed by atoms with Crippen molar-refractivity contribution in [3.63, 3.8) is 0 Å². The van der Waals surface area contributed by atoms with Gasteiger partial charge in [0.15, 0.2) is 0 Å². The van der Waals surface area contributed by atoms with Gasteiger partial charge in [-0.15, -0.1) is 0 Å². The molecular weight excluding hydrogens is 458 g/mol. The highest BCUT2D eigenvalue weighted by Gasteiger charge is 2.53. The summed E-state index contributed by atoms with van der Waals surface area (Å²) in [6.45, 7) is 13.2. The zero-order valence-corrected chi connectivity index (χ0v) is 21.5. The second-order valence-corrected chi connectivity index (χ2v) is 11.2. The minimum Gasteiger partial charge on any atom is -0.342 e. The van der Waals surface area contributed by atoms with Gasteiger partial charge >= 0.3 is 0 Å². The number of aryl methyl sites for hydroxylation is 2. The molecular formula is C30H34F2N2O2. The third-order valence-corrected chi connectivity index (χ3v) is 8.64. The van der Waals surface area contributed by atoms with Crippen LogP contribution in [0.4, 0.5) is 14.5 Å². The van der Waals surface area contributed by atoms with Gasteiger partial charge in [-0.3, -0.25) is 9.59 Å². The Morgan fingerprint density at radius 1 is 1.06 bits per heavy atom. The number of carbonyl (C=O) groups excluding carboxylic acids is 2. The number of fused-ring (bicyclic) bond motifs is 2. The van der Waals surface area contributed by atoms with Gasteiger partial charge in [0.2, 0.25) is 11.8 Å². The third-order valence-electron chi connectivity index (χ3n) is 8.64. The van der Waals surface area contributed by atoms with E-state index < -0.39 is 23.0 Å². The molecule has 3 aliphatic rings. The summed E-state index contributed by atoms with van der Waals surface area (Å²) in [5, 5.41) is 0. The van der Waals surface area contributed by atoms with E-state index in [0.717, 1.165) is 28.5 Å². The second-order valence-electron chi connectivity index (χ2n) is 11.2. The molecule has 1 spiro atoms. The van der Waals surface area contributed by atoms with Crippen LogP contribution in [0.15, 0.2) is 42.5 Å². The molecule has 2 aromatic carbocycles. The van der Waals surface area contributed by atoms with Crippen LogP contribution in [-0.2, 0) is 15.0 Å². The summed E-state index contributed by atoms with van der Waals surface area (Å²) in [5.41, 5.74) is 5.08. The number of benzene rings is 2. The number of halogens is 2. The maximum Gasteiger partial charge on any atom is 0.238 e. The molecule has 2 fully saturated rings. The molecule has 0 N–H and O–H groups in total. The molecule has 36 heavy (non-hydrogen) atoms. The maximum absolute atomic E-state index is 14.6. The summed E-state index contributed by atoms with van der Waals surface area (Å²) in [5.74, 6) is -1.90. The van der Waals surface area contributed by atoms with Gasteiger partial charge in [0, 0.05) is 42.7 Å². The summed E-state index contributed by atoms with van der Waals surface area (Å²) in [4.78, 5) is 31.3. The first-order chi connectivity index (χ1) is 17.0. The molecule has 4 nitrogen and oxygen atoms in total. The molecule has 0 bridgehead atoms. The van der Waals surface area contributed by atoms with E-state index in [1.54, 1.807) is 0 Å². The van der Waals surface area contributed by atoms with Crippen LogP contribution in [0.5, 0.6) is 0 Å². The van der Waals surface area contributed by atoms with Gasteiger partial charge in [0.05, 0.1) is 5.41 Å². The summed E-state index contributed by atoms with van der Waals surface area (Å²) in [6, 6.07) is 7.93. The van der Waals surface area contributed by atoms with Crippen molar-refractivity contribution in [2.24, 2.45) is 5.92 Å². The smallest absolute Gasteiger partial charge is 0.238 e. The lowest BCUT2D eigenvalue weighted by molar-refractivity contribution is -0.139. The summed E-state index contributed by atoms with van der Waals surface area (Å²) in [6.07, 6.45) is 2.16. The van der Waals surface area contributed by atoms with Crippen molar-refractivity contribution in [2.45, 2.75) is 70.8 Å². The first-order valence-corrected chi connectivity index (χ1v) is 12.9. The van der Waals surface area contributed by atoms with Crippen molar-refractivity contribution in [2.75, 3.05) is 18.0 Å². The zero-order valence-electron chi connectivity index (χ0n) is 21.5. The van der Waals surface area contributed by atoms with Crippen molar-refractivity contribution in [3.05, 3.63) is 76.4 Å². The van der Waals surface area contributed by atoms with Crippen LogP contribution in [0.1, 0.15) is 67.7 Å². The summed E-state index contributed by atoms with van der Waals surface area (Å²) >= 11 is 0. The van der Waals surface area contributed by atoms with Crippen molar-refractivity contribution >= 4 is 17.5 Å². The van der Waals surface area contributed by atoms with E-state index in [-0.39, 0.29) is 23.8 Å². The van der Waals surface area contributed by atoms with E-state index in [1.807, 2.05) is 23.6 Å². The molecule has 1 saturated carbocycles. The minimum atomic E-state index is -0.625. The summed E-state index contributed by atoms with van der Waals surface area (Å²) < 4.78 is 28.1. The Hall–Kier alpha value is -3.02. The van der Waals surface area contributed by atoms with Crippen LogP contribution in [-0.4, -0.2) is 35.8 Å². The van der Waals surface area contributed by atoms with E-state index in [1.165, 1.54) is 17.7 Å². The summed E-state index contributed by atoms with van der Waals surface area (Å²) in [7, 11) is 0. The van der Waals surface area contributed by atoms with Gasteiger partial charge in [-0.2, -0.15) is 0 Å². The van der Waals surface area contributed by atoms with Crippen LogP contribution < -0.4 is 4.90 Å². The topological polar surface area (TPSA) is 40.6 Å². The number of likely N-dealkylation sites (tertiary alicyclic amines) is 1. The van der Waals surface area contributed by atoms with Crippen LogP contribution >= 0.6 is 0 Å². The SMILES string of the molecule is C=C1C[C@@H](C(=O)N2CCC3(CC2)C(=O)N(C(C)C)c2cc(C)c(C)cc23)[C@H](c2ccc(F)cc2F)C1. The van der Waals surface area contributed by atoms with E-state index >= 15 is 0 Å². The first kappa shape index (κ1) is 24.7. The fourth-order valence-corrected chi connectivity index (χ4v) is 6.56. The molecule has 2 aromatic rings. The highest BCUT2D eigenvalue weighted by molar-refractivity contribution is 6.09. The molecule has 2 atom stereocenters. The van der Waals surface area contributed by atoms with Crippen molar-refractivity contribution in [1.82, 2.24) is 4.90 Å². The molecule has 0 aromatic heterocycles. The number of allylic oxidation sites excluding steroid dienone is 1. The molecule has 2 heterocycles. The Kier molecular flexibility index (Phi) is 6.05. The molecule has 2 aliphatic heterocycles. The van der Waals surface area contributed by atoms with Gasteiger partial charge in [0.25, 0.3) is 0 Å². The van der Waals surface area contributed by atoms with Crippen molar-refractivity contribution in [1.29, 1.82) is 0 Å². The van der Waals surface area contributed by atoms with Crippen molar-refractivity contribution in [3.8, 4) is 0 Å². The van der Waals surface area contributed by atoms with Gasteiger partial charge in [-0.05, 0) is 87.8 Å².